The maximum Gasteiger partial charge on any atom is 0.143 e. The van der Waals surface area contributed by atoms with Crippen LogP contribution in [-0.4, -0.2) is 23.6 Å². The summed E-state index contributed by atoms with van der Waals surface area (Å²) in [5.74, 6) is 0.930. The maximum absolute atomic E-state index is 5.98. The first-order chi connectivity index (χ1) is 7.09. The van der Waals surface area contributed by atoms with Crippen molar-refractivity contribution in [1.29, 1.82) is 0 Å². The van der Waals surface area contributed by atoms with Gasteiger partial charge in [-0.25, -0.2) is 4.98 Å². The zero-order chi connectivity index (χ0) is 11.0. The first-order valence-electron chi connectivity index (χ1n) is 4.93. The van der Waals surface area contributed by atoms with Gasteiger partial charge in [0.25, 0.3) is 0 Å². The Hall–Kier alpha value is -0.320. The standard InChI is InChI=1S/C10H13BrClN3/c1-6-9(13)2-3-15(6)10-8(11)4-7(12)5-14-10/h4-6,9H,2-3,13H2,1H3. The fourth-order valence-corrected chi connectivity index (χ4v) is 2.75. The molecule has 0 bridgehead atoms. The summed E-state index contributed by atoms with van der Waals surface area (Å²) in [6, 6.07) is 2.42. The number of nitrogens with two attached hydrogens (primary N) is 1. The summed E-state index contributed by atoms with van der Waals surface area (Å²) >= 11 is 9.33. The number of halogens is 2. The zero-order valence-electron chi connectivity index (χ0n) is 8.45. The second kappa shape index (κ2) is 4.28. The van der Waals surface area contributed by atoms with Crippen LogP contribution < -0.4 is 10.6 Å². The maximum atomic E-state index is 5.98. The van der Waals surface area contributed by atoms with Crippen molar-refractivity contribution in [2.75, 3.05) is 11.4 Å². The summed E-state index contributed by atoms with van der Waals surface area (Å²) in [7, 11) is 0. The van der Waals surface area contributed by atoms with Crippen molar-refractivity contribution in [2.24, 2.45) is 5.73 Å². The van der Waals surface area contributed by atoms with Crippen molar-refractivity contribution in [1.82, 2.24) is 4.98 Å². The van der Waals surface area contributed by atoms with Crippen molar-refractivity contribution in [3.8, 4) is 0 Å². The SMILES string of the molecule is CC1C(N)CCN1c1ncc(Cl)cc1Br. The third kappa shape index (κ3) is 2.12. The van der Waals surface area contributed by atoms with Gasteiger partial charge in [0.05, 0.1) is 9.50 Å². The first kappa shape index (κ1) is 11.2. The van der Waals surface area contributed by atoms with Gasteiger partial charge >= 0.3 is 0 Å². The number of pyridine rings is 1. The second-order valence-electron chi connectivity index (χ2n) is 3.85. The molecule has 0 aliphatic carbocycles. The van der Waals surface area contributed by atoms with Crippen LogP contribution in [0.4, 0.5) is 5.82 Å². The Kier molecular flexibility index (Phi) is 3.19. The van der Waals surface area contributed by atoms with Crippen LogP contribution in [0, 0.1) is 0 Å². The van der Waals surface area contributed by atoms with Gasteiger partial charge in [0.15, 0.2) is 0 Å². The quantitative estimate of drug-likeness (QED) is 0.864. The Morgan fingerprint density at radius 2 is 2.40 bits per heavy atom. The van der Waals surface area contributed by atoms with Gasteiger partial charge in [0.1, 0.15) is 5.82 Å². The largest absolute Gasteiger partial charge is 0.351 e. The van der Waals surface area contributed by atoms with E-state index in [0.29, 0.717) is 11.1 Å². The lowest BCUT2D eigenvalue weighted by Crippen LogP contribution is -2.37. The number of anilines is 1. The smallest absolute Gasteiger partial charge is 0.143 e. The summed E-state index contributed by atoms with van der Waals surface area (Å²) in [5.41, 5.74) is 5.98. The third-order valence-electron chi connectivity index (χ3n) is 2.88. The molecule has 1 aliphatic rings. The zero-order valence-corrected chi connectivity index (χ0v) is 10.8. The minimum atomic E-state index is 0.231. The van der Waals surface area contributed by atoms with Crippen LogP contribution >= 0.6 is 27.5 Å². The Morgan fingerprint density at radius 1 is 1.67 bits per heavy atom. The highest BCUT2D eigenvalue weighted by molar-refractivity contribution is 9.10. The fraction of sp³-hybridized carbons (Fsp3) is 0.500. The fourth-order valence-electron chi connectivity index (χ4n) is 1.88. The molecule has 3 nitrogen and oxygen atoms in total. The Balaban J connectivity index is 2.30. The van der Waals surface area contributed by atoms with Gasteiger partial charge in [0, 0.05) is 24.8 Å². The normalized spacial score (nSPS) is 26.0. The molecule has 1 fully saturated rings. The molecule has 1 aromatic heterocycles. The molecule has 2 heterocycles. The molecule has 1 aliphatic heterocycles. The monoisotopic (exact) mass is 289 g/mol. The van der Waals surface area contributed by atoms with Crippen molar-refractivity contribution in [2.45, 2.75) is 25.4 Å². The van der Waals surface area contributed by atoms with E-state index < -0.39 is 0 Å². The number of rotatable bonds is 1. The lowest BCUT2D eigenvalue weighted by Gasteiger charge is -2.25. The molecule has 1 aromatic rings. The highest BCUT2D eigenvalue weighted by Crippen LogP contribution is 2.31. The summed E-state index contributed by atoms with van der Waals surface area (Å²) in [5, 5.41) is 0.641. The van der Waals surface area contributed by atoms with Crippen LogP contribution in [0.2, 0.25) is 5.02 Å². The lowest BCUT2D eigenvalue weighted by atomic mass is 10.2. The average Bonchev–Trinajstić information content (AvgIpc) is 2.49. The minimum Gasteiger partial charge on any atom is -0.351 e. The molecule has 2 atom stereocenters. The van der Waals surface area contributed by atoms with Gasteiger partial charge in [-0.05, 0) is 35.3 Å². The summed E-state index contributed by atoms with van der Waals surface area (Å²) in [6.07, 6.45) is 2.68. The third-order valence-corrected chi connectivity index (χ3v) is 3.67. The van der Waals surface area contributed by atoms with Crippen LogP contribution in [0.25, 0.3) is 0 Å². The molecule has 0 radical (unpaired) electrons. The molecule has 5 heteroatoms. The molecule has 82 valence electrons. The summed E-state index contributed by atoms with van der Waals surface area (Å²) < 4.78 is 0.927. The Labute approximate surface area is 103 Å². The van der Waals surface area contributed by atoms with E-state index in [1.807, 2.05) is 6.07 Å². The van der Waals surface area contributed by atoms with Crippen LogP contribution in [0.5, 0.6) is 0 Å². The molecular weight excluding hydrogens is 277 g/mol. The van der Waals surface area contributed by atoms with Gasteiger partial charge in [-0.1, -0.05) is 11.6 Å². The predicted octanol–water partition coefficient (Wildman–Crippen LogP) is 2.42. The van der Waals surface area contributed by atoms with Gasteiger partial charge in [-0.2, -0.15) is 0 Å². The van der Waals surface area contributed by atoms with Crippen molar-refractivity contribution in [3.63, 3.8) is 0 Å². The van der Waals surface area contributed by atoms with Crippen LogP contribution in [0.1, 0.15) is 13.3 Å². The first-order valence-corrected chi connectivity index (χ1v) is 6.10. The lowest BCUT2D eigenvalue weighted by molar-refractivity contribution is 0.621. The predicted molar refractivity (Wildman–Crippen MR) is 66.3 cm³/mol. The topological polar surface area (TPSA) is 42.1 Å². The number of nitrogens with zero attached hydrogens (tertiary/aromatic N) is 2. The van der Waals surface area contributed by atoms with E-state index in [-0.39, 0.29) is 6.04 Å². The molecule has 0 amide bonds. The molecule has 0 spiro atoms. The van der Waals surface area contributed by atoms with Crippen LogP contribution in [0.15, 0.2) is 16.7 Å². The van der Waals surface area contributed by atoms with Crippen LogP contribution in [0.3, 0.4) is 0 Å². The average molecular weight is 291 g/mol. The van der Waals surface area contributed by atoms with E-state index in [0.717, 1.165) is 23.3 Å². The molecule has 0 aromatic carbocycles. The van der Waals surface area contributed by atoms with E-state index in [1.54, 1.807) is 6.20 Å². The molecular formula is C10H13BrClN3. The molecule has 15 heavy (non-hydrogen) atoms. The highest BCUT2D eigenvalue weighted by atomic mass is 79.9. The van der Waals surface area contributed by atoms with E-state index in [2.05, 4.69) is 32.7 Å². The van der Waals surface area contributed by atoms with E-state index in [1.165, 1.54) is 0 Å². The van der Waals surface area contributed by atoms with Gasteiger partial charge < -0.3 is 10.6 Å². The van der Waals surface area contributed by atoms with Crippen molar-refractivity contribution in [3.05, 3.63) is 21.8 Å². The number of hydrogen-bond donors (Lipinski definition) is 1. The van der Waals surface area contributed by atoms with Gasteiger partial charge in [-0.15, -0.1) is 0 Å². The summed E-state index contributed by atoms with van der Waals surface area (Å²) in [6.45, 7) is 3.08. The van der Waals surface area contributed by atoms with Gasteiger partial charge in [0.2, 0.25) is 0 Å². The Bertz CT molecular complexity index is 372. The molecule has 1 saturated heterocycles. The van der Waals surface area contributed by atoms with Crippen molar-refractivity contribution >= 4 is 33.3 Å². The molecule has 2 rings (SSSR count). The van der Waals surface area contributed by atoms with E-state index >= 15 is 0 Å². The van der Waals surface area contributed by atoms with Crippen molar-refractivity contribution < 1.29 is 0 Å². The van der Waals surface area contributed by atoms with E-state index in [9.17, 15) is 0 Å². The molecule has 2 N–H and O–H groups in total. The highest BCUT2D eigenvalue weighted by Gasteiger charge is 2.29. The number of aromatic nitrogens is 1. The minimum absolute atomic E-state index is 0.231. The van der Waals surface area contributed by atoms with E-state index in [4.69, 9.17) is 17.3 Å². The summed E-state index contributed by atoms with van der Waals surface area (Å²) in [4.78, 5) is 6.55. The van der Waals surface area contributed by atoms with Crippen LogP contribution in [-0.2, 0) is 0 Å². The molecule has 0 saturated carbocycles. The number of hydrogen-bond acceptors (Lipinski definition) is 3. The molecule has 2 unspecified atom stereocenters. The second-order valence-corrected chi connectivity index (χ2v) is 5.14. The Morgan fingerprint density at radius 3 is 2.93 bits per heavy atom. The van der Waals surface area contributed by atoms with Gasteiger partial charge in [-0.3, -0.25) is 0 Å².